The van der Waals surface area contributed by atoms with E-state index in [-0.39, 0.29) is 11.3 Å². The first-order valence-electron chi connectivity index (χ1n) is 6.81. The number of carbonyl (C=O) groups is 1. The third-order valence-corrected chi connectivity index (χ3v) is 4.98. The maximum Gasteiger partial charge on any atom is 0.264 e. The highest BCUT2D eigenvalue weighted by molar-refractivity contribution is 7.90. The summed E-state index contributed by atoms with van der Waals surface area (Å²) in [6.45, 7) is 0. The lowest BCUT2D eigenvalue weighted by molar-refractivity contribution is -0.118. The number of rotatable bonds is 4. The van der Waals surface area contributed by atoms with E-state index in [4.69, 9.17) is 11.6 Å². The topological polar surface area (TPSA) is 79.0 Å². The first-order chi connectivity index (χ1) is 10.9. The summed E-state index contributed by atoms with van der Waals surface area (Å²) in [5.41, 5.74) is 1.51. The lowest BCUT2D eigenvalue weighted by Crippen LogP contribution is -2.31. The van der Waals surface area contributed by atoms with Crippen LogP contribution in [0.15, 0.2) is 59.6 Å². The Balaban J connectivity index is 1.77. The minimum atomic E-state index is -3.90. The first kappa shape index (κ1) is 15.6. The van der Waals surface area contributed by atoms with Gasteiger partial charge in [0.15, 0.2) is 0 Å². The van der Waals surface area contributed by atoms with Gasteiger partial charge in [-0.3, -0.25) is 4.79 Å². The molecule has 0 aliphatic carbocycles. The van der Waals surface area contributed by atoms with E-state index >= 15 is 0 Å². The molecule has 23 heavy (non-hydrogen) atoms. The van der Waals surface area contributed by atoms with Gasteiger partial charge in [-0.25, -0.2) is 13.1 Å². The Morgan fingerprint density at radius 1 is 1.09 bits per heavy atom. The molecule has 0 aliphatic rings. The monoisotopic (exact) mass is 348 g/mol. The van der Waals surface area contributed by atoms with Crippen molar-refractivity contribution in [1.82, 2.24) is 9.71 Å². The van der Waals surface area contributed by atoms with Crippen molar-refractivity contribution < 1.29 is 13.2 Å². The Morgan fingerprint density at radius 3 is 2.57 bits per heavy atom. The molecule has 0 fully saturated rings. The van der Waals surface area contributed by atoms with Crippen LogP contribution in [0.4, 0.5) is 0 Å². The van der Waals surface area contributed by atoms with E-state index in [9.17, 15) is 13.2 Å². The number of amides is 1. The average molecular weight is 349 g/mol. The number of fused-ring (bicyclic) bond motifs is 1. The molecule has 0 bridgehead atoms. The third-order valence-electron chi connectivity index (χ3n) is 3.36. The fraction of sp³-hybridized carbons (Fsp3) is 0.0625. The number of aromatic nitrogens is 1. The second-order valence-corrected chi connectivity index (χ2v) is 7.18. The van der Waals surface area contributed by atoms with Gasteiger partial charge in [0.2, 0.25) is 5.91 Å². The zero-order chi connectivity index (χ0) is 16.4. The SMILES string of the molecule is O=C(Cc1ccc(Cl)cc1)NS(=O)(=O)c1ccc2[nH]ccc2c1. The van der Waals surface area contributed by atoms with E-state index < -0.39 is 15.9 Å². The number of hydrogen-bond donors (Lipinski definition) is 2. The molecule has 1 aromatic heterocycles. The van der Waals surface area contributed by atoms with Crippen LogP contribution in [0.5, 0.6) is 0 Å². The summed E-state index contributed by atoms with van der Waals surface area (Å²) in [5.74, 6) is -0.596. The molecule has 0 spiro atoms. The van der Waals surface area contributed by atoms with Gasteiger partial charge >= 0.3 is 0 Å². The van der Waals surface area contributed by atoms with Crippen LogP contribution < -0.4 is 4.72 Å². The van der Waals surface area contributed by atoms with Gasteiger partial charge < -0.3 is 4.98 Å². The quantitative estimate of drug-likeness (QED) is 0.761. The molecule has 0 atom stereocenters. The Morgan fingerprint density at radius 2 is 1.83 bits per heavy atom. The van der Waals surface area contributed by atoms with E-state index in [1.54, 1.807) is 42.6 Å². The fourth-order valence-corrected chi connectivity index (χ4v) is 3.38. The van der Waals surface area contributed by atoms with Crippen molar-refractivity contribution in [3.63, 3.8) is 0 Å². The number of aromatic amines is 1. The number of halogens is 1. The second kappa shape index (κ2) is 6.06. The number of benzene rings is 2. The number of carbonyl (C=O) groups excluding carboxylic acids is 1. The van der Waals surface area contributed by atoms with E-state index in [1.807, 2.05) is 0 Å². The molecule has 3 rings (SSSR count). The maximum atomic E-state index is 12.3. The number of nitrogens with one attached hydrogen (secondary N) is 2. The van der Waals surface area contributed by atoms with Gasteiger partial charge in [-0.2, -0.15) is 0 Å². The number of hydrogen-bond acceptors (Lipinski definition) is 3. The van der Waals surface area contributed by atoms with Crippen molar-refractivity contribution in [2.75, 3.05) is 0 Å². The van der Waals surface area contributed by atoms with Crippen LogP contribution in [0.2, 0.25) is 5.02 Å². The van der Waals surface area contributed by atoms with Crippen molar-refractivity contribution in [1.29, 1.82) is 0 Å². The van der Waals surface area contributed by atoms with E-state index in [1.165, 1.54) is 12.1 Å². The van der Waals surface area contributed by atoms with Gasteiger partial charge in [0, 0.05) is 22.1 Å². The van der Waals surface area contributed by atoms with Crippen LogP contribution in [0, 0.1) is 0 Å². The van der Waals surface area contributed by atoms with E-state index in [2.05, 4.69) is 9.71 Å². The second-order valence-electron chi connectivity index (χ2n) is 5.06. The van der Waals surface area contributed by atoms with Gasteiger partial charge in [-0.1, -0.05) is 23.7 Å². The molecule has 118 valence electrons. The molecule has 0 aliphatic heterocycles. The molecule has 0 saturated carbocycles. The van der Waals surface area contributed by atoms with Crippen LogP contribution in [0.25, 0.3) is 10.9 Å². The Bertz CT molecular complexity index is 962. The zero-order valence-electron chi connectivity index (χ0n) is 11.9. The van der Waals surface area contributed by atoms with Crippen molar-refractivity contribution in [2.45, 2.75) is 11.3 Å². The molecule has 0 unspecified atom stereocenters. The Hall–Kier alpha value is -2.31. The predicted octanol–water partition coefficient (Wildman–Crippen LogP) is 2.87. The Kier molecular flexibility index (Phi) is 4.11. The van der Waals surface area contributed by atoms with Crippen molar-refractivity contribution in [2.24, 2.45) is 0 Å². The molecule has 2 N–H and O–H groups in total. The summed E-state index contributed by atoms with van der Waals surface area (Å²) in [6, 6.07) is 13.1. The average Bonchev–Trinajstić information content (AvgIpc) is 2.96. The molecule has 2 aromatic carbocycles. The molecular weight excluding hydrogens is 336 g/mol. The lowest BCUT2D eigenvalue weighted by Gasteiger charge is -2.07. The maximum absolute atomic E-state index is 12.3. The summed E-state index contributed by atoms with van der Waals surface area (Å²) >= 11 is 5.77. The summed E-state index contributed by atoms with van der Waals surface area (Å²) in [6.07, 6.45) is 1.68. The highest BCUT2D eigenvalue weighted by atomic mass is 35.5. The summed E-state index contributed by atoms with van der Waals surface area (Å²) in [7, 11) is -3.90. The highest BCUT2D eigenvalue weighted by Crippen LogP contribution is 2.18. The molecule has 0 radical (unpaired) electrons. The lowest BCUT2D eigenvalue weighted by atomic mass is 10.1. The molecular formula is C16H13ClN2O3S. The number of sulfonamides is 1. The standard InChI is InChI=1S/C16H13ClN2O3S/c17-13-3-1-11(2-4-13)9-16(20)19-23(21,22)14-5-6-15-12(10-14)7-8-18-15/h1-8,10,18H,9H2,(H,19,20). The minimum absolute atomic E-state index is 0.0389. The van der Waals surface area contributed by atoms with Crippen LogP contribution in [0.3, 0.4) is 0 Å². The van der Waals surface area contributed by atoms with Crippen molar-refractivity contribution in [3.05, 3.63) is 65.3 Å². The van der Waals surface area contributed by atoms with E-state index in [0.29, 0.717) is 10.6 Å². The fourth-order valence-electron chi connectivity index (χ4n) is 2.23. The molecule has 3 aromatic rings. The van der Waals surface area contributed by atoms with Gasteiger partial charge in [0.1, 0.15) is 0 Å². The van der Waals surface area contributed by atoms with Crippen LogP contribution in [-0.2, 0) is 21.2 Å². The molecule has 1 heterocycles. The van der Waals surface area contributed by atoms with Crippen LogP contribution in [-0.4, -0.2) is 19.3 Å². The highest BCUT2D eigenvalue weighted by Gasteiger charge is 2.18. The first-order valence-corrected chi connectivity index (χ1v) is 8.67. The minimum Gasteiger partial charge on any atom is -0.361 e. The van der Waals surface area contributed by atoms with Crippen LogP contribution >= 0.6 is 11.6 Å². The van der Waals surface area contributed by atoms with Gasteiger partial charge in [0.25, 0.3) is 10.0 Å². The smallest absolute Gasteiger partial charge is 0.264 e. The Labute approximate surface area is 138 Å². The zero-order valence-corrected chi connectivity index (χ0v) is 13.5. The third kappa shape index (κ3) is 3.55. The van der Waals surface area contributed by atoms with Crippen LogP contribution in [0.1, 0.15) is 5.56 Å². The van der Waals surface area contributed by atoms with E-state index in [0.717, 1.165) is 10.9 Å². The summed E-state index contributed by atoms with van der Waals surface area (Å²) < 4.78 is 26.7. The molecule has 0 saturated heterocycles. The van der Waals surface area contributed by atoms with Gasteiger partial charge in [0.05, 0.1) is 11.3 Å². The largest absolute Gasteiger partial charge is 0.361 e. The van der Waals surface area contributed by atoms with Gasteiger partial charge in [-0.05, 0) is 42.0 Å². The molecule has 1 amide bonds. The van der Waals surface area contributed by atoms with Crippen molar-refractivity contribution >= 4 is 38.4 Å². The predicted molar refractivity (Wildman–Crippen MR) is 88.8 cm³/mol. The number of H-pyrrole nitrogens is 1. The van der Waals surface area contributed by atoms with Crippen molar-refractivity contribution in [3.8, 4) is 0 Å². The molecule has 7 heteroatoms. The normalized spacial score (nSPS) is 11.5. The summed E-state index contributed by atoms with van der Waals surface area (Å²) in [4.78, 5) is 15.0. The van der Waals surface area contributed by atoms with Gasteiger partial charge in [-0.15, -0.1) is 0 Å². The summed E-state index contributed by atoms with van der Waals surface area (Å²) in [5, 5.41) is 1.32. The molecule has 5 nitrogen and oxygen atoms in total.